The molecule has 0 bridgehead atoms. The number of carbonyl (C=O) groups is 1. The van der Waals surface area contributed by atoms with Crippen LogP contribution in [0.5, 0.6) is 17.2 Å². The first-order valence-electron chi connectivity index (χ1n) is 9.27. The monoisotopic (exact) mass is 432 g/mol. The van der Waals surface area contributed by atoms with Crippen molar-refractivity contribution >= 4 is 27.7 Å². The number of rotatable bonds is 9. The zero-order valence-corrected chi connectivity index (χ0v) is 17.8. The molecule has 0 aromatic heterocycles. The van der Waals surface area contributed by atoms with Crippen LogP contribution in [0.3, 0.4) is 0 Å². The van der Waals surface area contributed by atoms with Crippen LogP contribution in [0.4, 0.5) is 5.69 Å². The average Bonchev–Trinajstić information content (AvgIpc) is 3.55. The summed E-state index contributed by atoms with van der Waals surface area (Å²) in [5.41, 5.74) is 1.17. The van der Waals surface area contributed by atoms with Crippen molar-refractivity contribution in [1.82, 2.24) is 4.72 Å². The van der Waals surface area contributed by atoms with Crippen LogP contribution in [0.2, 0.25) is 0 Å². The van der Waals surface area contributed by atoms with Gasteiger partial charge in [0.05, 0.1) is 26.2 Å². The summed E-state index contributed by atoms with van der Waals surface area (Å²) < 4.78 is 42.8. The molecule has 1 saturated carbocycles. The second-order valence-electron chi connectivity index (χ2n) is 6.70. The summed E-state index contributed by atoms with van der Waals surface area (Å²) in [7, 11) is 0.994. The second kappa shape index (κ2) is 9.19. The van der Waals surface area contributed by atoms with Crippen molar-refractivity contribution in [3.63, 3.8) is 0 Å². The highest BCUT2D eigenvalue weighted by Crippen LogP contribution is 2.39. The van der Waals surface area contributed by atoms with Gasteiger partial charge in [-0.1, -0.05) is 12.1 Å². The molecule has 2 aromatic carbocycles. The number of benzene rings is 2. The van der Waals surface area contributed by atoms with E-state index in [-0.39, 0.29) is 16.8 Å². The molecule has 0 saturated heterocycles. The molecule has 0 radical (unpaired) electrons. The number of sulfonamides is 1. The van der Waals surface area contributed by atoms with Crippen LogP contribution in [-0.4, -0.2) is 41.7 Å². The molecule has 1 fully saturated rings. The highest BCUT2D eigenvalue weighted by atomic mass is 32.2. The predicted molar refractivity (Wildman–Crippen MR) is 114 cm³/mol. The minimum atomic E-state index is -3.49. The fourth-order valence-corrected chi connectivity index (χ4v) is 4.06. The van der Waals surface area contributed by atoms with Gasteiger partial charge in [0.15, 0.2) is 11.5 Å². The van der Waals surface area contributed by atoms with Gasteiger partial charge >= 0.3 is 0 Å². The Bertz CT molecular complexity index is 1020. The molecule has 3 rings (SSSR count). The van der Waals surface area contributed by atoms with Gasteiger partial charge in [-0.05, 0) is 36.6 Å². The van der Waals surface area contributed by atoms with E-state index >= 15 is 0 Å². The normalized spacial score (nSPS) is 13.8. The van der Waals surface area contributed by atoms with Crippen LogP contribution in [0.15, 0.2) is 47.4 Å². The first-order chi connectivity index (χ1) is 14.4. The minimum Gasteiger partial charge on any atom is -0.493 e. The van der Waals surface area contributed by atoms with Crippen molar-refractivity contribution in [2.24, 2.45) is 0 Å². The van der Waals surface area contributed by atoms with Gasteiger partial charge in [0, 0.05) is 29.9 Å². The van der Waals surface area contributed by atoms with Gasteiger partial charge in [-0.15, -0.1) is 0 Å². The van der Waals surface area contributed by atoms with Gasteiger partial charge in [0.2, 0.25) is 21.7 Å². The Morgan fingerprint density at radius 1 is 1.00 bits per heavy atom. The van der Waals surface area contributed by atoms with Crippen molar-refractivity contribution in [2.45, 2.75) is 23.8 Å². The maximum atomic E-state index is 12.3. The van der Waals surface area contributed by atoms with Crippen LogP contribution < -0.4 is 24.2 Å². The third kappa shape index (κ3) is 5.31. The van der Waals surface area contributed by atoms with Gasteiger partial charge in [-0.25, -0.2) is 13.1 Å². The summed E-state index contributed by atoms with van der Waals surface area (Å²) in [6.45, 7) is 0. The first kappa shape index (κ1) is 21.7. The Labute approximate surface area is 175 Å². The summed E-state index contributed by atoms with van der Waals surface area (Å²) in [5.74, 6) is 0.914. The van der Waals surface area contributed by atoms with Crippen LogP contribution in [0.1, 0.15) is 18.4 Å². The third-order valence-electron chi connectivity index (χ3n) is 4.45. The molecule has 2 N–H and O–H groups in total. The van der Waals surface area contributed by atoms with Crippen molar-refractivity contribution < 1.29 is 27.4 Å². The van der Waals surface area contributed by atoms with Crippen LogP contribution in [0.25, 0.3) is 6.08 Å². The molecule has 0 unspecified atom stereocenters. The molecule has 0 spiro atoms. The second-order valence-corrected chi connectivity index (χ2v) is 8.42. The van der Waals surface area contributed by atoms with Crippen molar-refractivity contribution in [1.29, 1.82) is 0 Å². The zero-order chi connectivity index (χ0) is 21.7. The maximum absolute atomic E-state index is 12.3. The fraction of sp³-hybridized carbons (Fsp3) is 0.286. The number of carbonyl (C=O) groups excluding carboxylic acids is 1. The Balaban J connectivity index is 1.67. The Morgan fingerprint density at radius 3 is 2.10 bits per heavy atom. The lowest BCUT2D eigenvalue weighted by Gasteiger charge is -2.14. The van der Waals surface area contributed by atoms with E-state index in [9.17, 15) is 13.2 Å². The van der Waals surface area contributed by atoms with Gasteiger partial charge in [-0.3, -0.25) is 4.79 Å². The van der Waals surface area contributed by atoms with E-state index in [1.54, 1.807) is 30.3 Å². The molecule has 1 aliphatic carbocycles. The van der Waals surface area contributed by atoms with Gasteiger partial charge in [-0.2, -0.15) is 0 Å². The van der Waals surface area contributed by atoms with E-state index in [4.69, 9.17) is 14.2 Å². The Hall–Kier alpha value is -3.04. The largest absolute Gasteiger partial charge is 0.493 e. The van der Waals surface area contributed by atoms with Gasteiger partial charge < -0.3 is 19.5 Å². The minimum absolute atomic E-state index is 0.0495. The Kier molecular flexibility index (Phi) is 6.63. The molecule has 0 aliphatic heterocycles. The number of methoxy groups -OCH3 is 3. The number of hydrogen-bond acceptors (Lipinski definition) is 6. The molecule has 30 heavy (non-hydrogen) atoms. The molecule has 1 amide bonds. The van der Waals surface area contributed by atoms with E-state index in [0.717, 1.165) is 12.8 Å². The molecule has 9 heteroatoms. The molecule has 0 atom stereocenters. The summed E-state index contributed by atoms with van der Waals surface area (Å²) in [4.78, 5) is 12.5. The topological polar surface area (TPSA) is 103 Å². The van der Waals surface area contributed by atoms with E-state index in [1.807, 2.05) is 0 Å². The van der Waals surface area contributed by atoms with Gasteiger partial charge in [0.25, 0.3) is 0 Å². The molecule has 0 heterocycles. The molecular weight excluding hydrogens is 408 g/mol. The van der Waals surface area contributed by atoms with E-state index in [2.05, 4.69) is 10.0 Å². The lowest BCUT2D eigenvalue weighted by atomic mass is 10.2. The average molecular weight is 432 g/mol. The smallest absolute Gasteiger partial charge is 0.248 e. The summed E-state index contributed by atoms with van der Waals surface area (Å²) in [6, 6.07) is 9.62. The summed E-state index contributed by atoms with van der Waals surface area (Å²) >= 11 is 0. The standard InChI is InChI=1S/C21H24N2O6S/c1-27-18-12-16(13-19(28-2)21(18)29-3)22-20(24)11-6-14-4-9-17(10-5-14)30(25,26)23-15-7-8-15/h4-6,9-13,15,23H,7-8H2,1-3H3,(H,22,24)/b11-6+. The number of hydrogen-bond donors (Lipinski definition) is 2. The molecule has 160 valence electrons. The van der Waals surface area contributed by atoms with E-state index < -0.39 is 10.0 Å². The maximum Gasteiger partial charge on any atom is 0.248 e. The SMILES string of the molecule is COc1cc(NC(=O)/C=C/c2ccc(S(=O)(=O)NC3CC3)cc2)cc(OC)c1OC. The third-order valence-corrected chi connectivity index (χ3v) is 5.99. The van der Waals surface area contributed by atoms with Crippen molar-refractivity contribution in [3.05, 3.63) is 48.0 Å². The zero-order valence-electron chi connectivity index (χ0n) is 17.0. The van der Waals surface area contributed by atoms with Crippen LogP contribution in [-0.2, 0) is 14.8 Å². The lowest BCUT2D eigenvalue weighted by Crippen LogP contribution is -2.25. The number of ether oxygens (including phenoxy) is 3. The van der Waals surface area contributed by atoms with E-state index in [0.29, 0.717) is 28.5 Å². The van der Waals surface area contributed by atoms with Crippen LogP contribution >= 0.6 is 0 Å². The van der Waals surface area contributed by atoms with Gasteiger partial charge in [0.1, 0.15) is 0 Å². The Morgan fingerprint density at radius 2 is 1.60 bits per heavy atom. The molecule has 2 aromatic rings. The quantitative estimate of drug-likeness (QED) is 0.591. The van der Waals surface area contributed by atoms with Crippen LogP contribution in [0, 0.1) is 0 Å². The number of anilines is 1. The van der Waals surface area contributed by atoms with Crippen molar-refractivity contribution in [2.75, 3.05) is 26.6 Å². The van der Waals surface area contributed by atoms with E-state index in [1.165, 1.54) is 39.5 Å². The lowest BCUT2D eigenvalue weighted by molar-refractivity contribution is -0.111. The highest BCUT2D eigenvalue weighted by Gasteiger charge is 2.27. The number of amides is 1. The molecule has 8 nitrogen and oxygen atoms in total. The molecular formula is C21H24N2O6S. The van der Waals surface area contributed by atoms with Crippen molar-refractivity contribution in [3.8, 4) is 17.2 Å². The number of nitrogens with one attached hydrogen (secondary N) is 2. The summed E-state index contributed by atoms with van der Waals surface area (Å²) in [5, 5.41) is 2.73. The fourth-order valence-electron chi connectivity index (χ4n) is 2.76. The molecule has 1 aliphatic rings. The predicted octanol–water partition coefficient (Wildman–Crippen LogP) is 2.81. The first-order valence-corrected chi connectivity index (χ1v) is 10.8. The summed E-state index contributed by atoms with van der Waals surface area (Å²) in [6.07, 6.45) is 4.70. The highest BCUT2D eigenvalue weighted by molar-refractivity contribution is 7.89.